The molecule has 16 heavy (non-hydrogen) atoms. The molecule has 3 rings (SSSR count). The molecule has 0 aromatic carbocycles. The third-order valence-electron chi connectivity index (χ3n) is 3.90. The Morgan fingerprint density at radius 3 is 2.88 bits per heavy atom. The second kappa shape index (κ2) is 3.55. The normalized spacial score (nSPS) is 32.8. The van der Waals surface area contributed by atoms with E-state index in [4.69, 9.17) is 0 Å². The fraction of sp³-hybridized carbons (Fsp3) is 0.429. The molecule has 0 saturated heterocycles. The van der Waals surface area contributed by atoms with Gasteiger partial charge >= 0.3 is 0 Å². The van der Waals surface area contributed by atoms with E-state index in [1.54, 1.807) is 6.08 Å². The Morgan fingerprint density at radius 2 is 2.00 bits per heavy atom. The van der Waals surface area contributed by atoms with Crippen LogP contribution < -0.4 is 0 Å². The topological polar surface area (TPSA) is 34.1 Å². The standard InChI is InChI=1S/C14H14O2/c15-10-6-5-9-7-14(16)12-4-2-1-3-11(12)13(9)8-10/h1-2,4,7,11,13H,3,5-6,8H2. The van der Waals surface area contributed by atoms with Gasteiger partial charge in [-0.25, -0.2) is 0 Å². The largest absolute Gasteiger partial charge is 0.300 e. The summed E-state index contributed by atoms with van der Waals surface area (Å²) in [6, 6.07) is 0. The molecule has 0 spiro atoms. The molecule has 0 bridgehead atoms. The van der Waals surface area contributed by atoms with Gasteiger partial charge in [0.2, 0.25) is 0 Å². The third-order valence-corrected chi connectivity index (χ3v) is 3.90. The Bertz CT molecular complexity index is 451. The molecule has 3 aliphatic carbocycles. The molecule has 82 valence electrons. The second-order valence-electron chi connectivity index (χ2n) is 4.83. The highest BCUT2D eigenvalue weighted by atomic mass is 16.1. The first-order valence-corrected chi connectivity index (χ1v) is 5.89. The number of hydrogen-bond acceptors (Lipinski definition) is 2. The van der Waals surface area contributed by atoms with Crippen molar-refractivity contribution in [2.45, 2.75) is 25.7 Å². The van der Waals surface area contributed by atoms with Crippen LogP contribution in [0.15, 0.2) is 35.5 Å². The molecule has 0 aromatic heterocycles. The van der Waals surface area contributed by atoms with Crippen molar-refractivity contribution in [2.75, 3.05) is 0 Å². The van der Waals surface area contributed by atoms with Gasteiger partial charge in [0.05, 0.1) is 0 Å². The SMILES string of the molecule is O=C1CCC2=CC(=O)C3=CC=CCC3C2C1. The number of carbonyl (C=O) groups is 2. The van der Waals surface area contributed by atoms with Gasteiger partial charge in [0.15, 0.2) is 5.78 Å². The summed E-state index contributed by atoms with van der Waals surface area (Å²) in [5.41, 5.74) is 2.12. The van der Waals surface area contributed by atoms with Crippen LogP contribution in [0, 0.1) is 11.8 Å². The van der Waals surface area contributed by atoms with Gasteiger partial charge in [-0.2, -0.15) is 0 Å². The van der Waals surface area contributed by atoms with Crippen molar-refractivity contribution in [3.05, 3.63) is 35.5 Å². The molecular formula is C14H14O2. The summed E-state index contributed by atoms with van der Waals surface area (Å²) >= 11 is 0. The van der Waals surface area contributed by atoms with Crippen molar-refractivity contribution >= 4 is 11.6 Å². The van der Waals surface area contributed by atoms with Gasteiger partial charge in [-0.05, 0) is 30.8 Å². The summed E-state index contributed by atoms with van der Waals surface area (Å²) in [5.74, 6) is 1.08. The van der Waals surface area contributed by atoms with E-state index >= 15 is 0 Å². The average Bonchev–Trinajstić information content (AvgIpc) is 2.31. The maximum absolute atomic E-state index is 11.9. The zero-order chi connectivity index (χ0) is 11.1. The molecule has 0 aliphatic heterocycles. The van der Waals surface area contributed by atoms with E-state index < -0.39 is 0 Å². The lowest BCUT2D eigenvalue weighted by Gasteiger charge is -2.36. The van der Waals surface area contributed by atoms with E-state index in [2.05, 4.69) is 6.08 Å². The first kappa shape index (κ1) is 9.76. The molecular weight excluding hydrogens is 200 g/mol. The van der Waals surface area contributed by atoms with E-state index in [0.717, 1.165) is 18.4 Å². The first-order valence-electron chi connectivity index (χ1n) is 5.89. The molecule has 2 nitrogen and oxygen atoms in total. The predicted octanol–water partition coefficient (Wildman–Crippen LogP) is 2.37. The van der Waals surface area contributed by atoms with E-state index in [-0.39, 0.29) is 11.7 Å². The van der Waals surface area contributed by atoms with Crippen LogP contribution in [-0.2, 0) is 9.59 Å². The van der Waals surface area contributed by atoms with Crippen LogP contribution in [0.3, 0.4) is 0 Å². The summed E-state index contributed by atoms with van der Waals surface area (Å²) in [6.45, 7) is 0. The smallest absolute Gasteiger partial charge is 0.182 e. The summed E-state index contributed by atoms with van der Waals surface area (Å²) in [7, 11) is 0. The molecule has 2 heteroatoms. The highest BCUT2D eigenvalue weighted by Gasteiger charge is 2.38. The van der Waals surface area contributed by atoms with Gasteiger partial charge in [0.1, 0.15) is 5.78 Å². The minimum absolute atomic E-state index is 0.162. The van der Waals surface area contributed by atoms with Gasteiger partial charge in [-0.3, -0.25) is 9.59 Å². The first-order chi connectivity index (χ1) is 7.75. The number of Topliss-reactive ketones (excluding diaryl/α,β-unsaturated/α-hetero) is 1. The lowest BCUT2D eigenvalue weighted by atomic mass is 9.66. The maximum atomic E-state index is 11.9. The molecule has 0 aromatic rings. The van der Waals surface area contributed by atoms with Crippen molar-refractivity contribution in [1.82, 2.24) is 0 Å². The fourth-order valence-electron chi connectivity index (χ4n) is 3.07. The number of fused-ring (bicyclic) bond motifs is 3. The van der Waals surface area contributed by atoms with Crippen LogP contribution in [0.4, 0.5) is 0 Å². The van der Waals surface area contributed by atoms with E-state index in [0.29, 0.717) is 24.5 Å². The van der Waals surface area contributed by atoms with Crippen LogP contribution in [0.2, 0.25) is 0 Å². The van der Waals surface area contributed by atoms with Crippen LogP contribution in [0.1, 0.15) is 25.7 Å². The van der Waals surface area contributed by atoms with Gasteiger partial charge < -0.3 is 0 Å². The predicted molar refractivity (Wildman–Crippen MR) is 60.8 cm³/mol. The van der Waals surface area contributed by atoms with Gasteiger partial charge in [-0.1, -0.05) is 23.8 Å². The average molecular weight is 214 g/mol. The molecule has 0 amide bonds. The van der Waals surface area contributed by atoms with E-state index in [9.17, 15) is 9.59 Å². The van der Waals surface area contributed by atoms with Gasteiger partial charge in [0, 0.05) is 18.4 Å². The van der Waals surface area contributed by atoms with Crippen molar-refractivity contribution in [2.24, 2.45) is 11.8 Å². The van der Waals surface area contributed by atoms with Crippen LogP contribution in [-0.4, -0.2) is 11.6 Å². The Kier molecular flexibility index (Phi) is 2.16. The summed E-state index contributed by atoms with van der Waals surface area (Å²) < 4.78 is 0. The number of carbonyl (C=O) groups excluding carboxylic acids is 2. The van der Waals surface area contributed by atoms with E-state index in [1.165, 1.54) is 5.57 Å². The Hall–Kier alpha value is -1.44. The highest BCUT2D eigenvalue weighted by Crippen LogP contribution is 2.43. The highest BCUT2D eigenvalue weighted by molar-refractivity contribution is 6.06. The zero-order valence-electron chi connectivity index (χ0n) is 9.11. The second-order valence-corrected chi connectivity index (χ2v) is 4.83. The fourth-order valence-corrected chi connectivity index (χ4v) is 3.07. The molecule has 0 radical (unpaired) electrons. The quantitative estimate of drug-likeness (QED) is 0.620. The van der Waals surface area contributed by atoms with Gasteiger partial charge in [0.25, 0.3) is 0 Å². The molecule has 2 atom stereocenters. The monoisotopic (exact) mass is 214 g/mol. The number of ketones is 2. The van der Waals surface area contributed by atoms with Crippen LogP contribution >= 0.6 is 0 Å². The molecule has 1 fully saturated rings. The Labute approximate surface area is 94.7 Å². The molecule has 1 saturated carbocycles. The summed E-state index contributed by atoms with van der Waals surface area (Å²) in [5, 5.41) is 0. The zero-order valence-corrected chi connectivity index (χ0v) is 9.11. The van der Waals surface area contributed by atoms with E-state index in [1.807, 2.05) is 12.2 Å². The van der Waals surface area contributed by atoms with Crippen molar-refractivity contribution < 1.29 is 9.59 Å². The number of allylic oxidation sites excluding steroid dienone is 6. The lowest BCUT2D eigenvalue weighted by Crippen LogP contribution is -2.32. The van der Waals surface area contributed by atoms with Crippen LogP contribution in [0.5, 0.6) is 0 Å². The number of rotatable bonds is 0. The molecule has 2 unspecified atom stereocenters. The number of hydrogen-bond donors (Lipinski definition) is 0. The summed E-state index contributed by atoms with van der Waals surface area (Å²) in [6.07, 6.45) is 10.7. The van der Waals surface area contributed by atoms with Crippen LogP contribution in [0.25, 0.3) is 0 Å². The minimum atomic E-state index is 0.162. The maximum Gasteiger partial charge on any atom is 0.182 e. The molecule has 0 heterocycles. The third kappa shape index (κ3) is 1.41. The van der Waals surface area contributed by atoms with Crippen molar-refractivity contribution in [3.8, 4) is 0 Å². The molecule has 3 aliphatic rings. The van der Waals surface area contributed by atoms with Gasteiger partial charge in [-0.15, -0.1) is 0 Å². The Morgan fingerprint density at radius 1 is 1.12 bits per heavy atom. The molecule has 0 N–H and O–H groups in total. The lowest BCUT2D eigenvalue weighted by molar-refractivity contribution is -0.121. The minimum Gasteiger partial charge on any atom is -0.300 e. The Balaban J connectivity index is 2.02. The van der Waals surface area contributed by atoms with Crippen molar-refractivity contribution in [3.63, 3.8) is 0 Å². The summed E-state index contributed by atoms with van der Waals surface area (Å²) in [4.78, 5) is 23.4. The van der Waals surface area contributed by atoms with Crippen molar-refractivity contribution in [1.29, 1.82) is 0 Å².